The fourth-order valence-corrected chi connectivity index (χ4v) is 1.82. The summed E-state index contributed by atoms with van der Waals surface area (Å²) in [6.45, 7) is 10.4. The highest BCUT2D eigenvalue weighted by Crippen LogP contribution is 2.02. The standard InChI is InChI=1S/C14H24N.CN/c1-3-5-6-7-8-11-15-12-9-10-14(4-2)13-15;1-2/h9-10,12-13H,3-8,11H2,1-2H3;/q+1;-1. The topological polar surface area (TPSA) is 27.7 Å². The van der Waals surface area contributed by atoms with Crippen LogP contribution in [0.25, 0.3) is 0 Å². The lowest BCUT2D eigenvalue weighted by Gasteiger charge is -1.99. The molecule has 2 nitrogen and oxygen atoms in total. The third-order valence-electron chi connectivity index (χ3n) is 2.85. The maximum atomic E-state index is 6.25. The number of nitrogens with zero attached hydrogens (tertiary/aromatic N) is 2. The molecule has 0 aliphatic carbocycles. The number of aryl methyl sites for hydroxylation is 2. The fourth-order valence-electron chi connectivity index (χ4n) is 1.82. The van der Waals surface area contributed by atoms with Crippen LogP contribution in [-0.4, -0.2) is 0 Å². The highest BCUT2D eigenvalue weighted by Gasteiger charge is 2.00. The minimum Gasteiger partial charge on any atom is -0.512 e. The van der Waals surface area contributed by atoms with E-state index in [2.05, 4.69) is 42.9 Å². The van der Waals surface area contributed by atoms with Crippen LogP contribution in [0, 0.1) is 11.8 Å². The fraction of sp³-hybridized carbons (Fsp3) is 0.600. The van der Waals surface area contributed by atoms with Gasteiger partial charge in [0.1, 0.15) is 6.54 Å². The monoisotopic (exact) mass is 232 g/mol. The molecular weight excluding hydrogens is 208 g/mol. The van der Waals surface area contributed by atoms with Crippen molar-refractivity contribution in [2.75, 3.05) is 0 Å². The van der Waals surface area contributed by atoms with E-state index in [-0.39, 0.29) is 0 Å². The van der Waals surface area contributed by atoms with Gasteiger partial charge in [-0.3, -0.25) is 0 Å². The second-order valence-corrected chi connectivity index (χ2v) is 4.22. The van der Waals surface area contributed by atoms with Gasteiger partial charge in [0.25, 0.3) is 0 Å². The Morgan fingerprint density at radius 1 is 1.12 bits per heavy atom. The summed E-state index contributed by atoms with van der Waals surface area (Å²) in [5, 5.41) is 6.25. The summed E-state index contributed by atoms with van der Waals surface area (Å²) in [4.78, 5) is 0. The first-order valence-electron chi connectivity index (χ1n) is 6.57. The predicted octanol–water partition coefficient (Wildman–Crippen LogP) is 3.60. The highest BCUT2D eigenvalue weighted by atomic mass is 14.9. The number of pyridine rings is 1. The molecule has 0 N–H and O–H groups in total. The van der Waals surface area contributed by atoms with Gasteiger partial charge in [0.05, 0.1) is 0 Å². The van der Waals surface area contributed by atoms with Gasteiger partial charge in [0.15, 0.2) is 12.4 Å². The molecule has 0 bridgehead atoms. The normalized spacial score (nSPS) is 9.41. The summed E-state index contributed by atoms with van der Waals surface area (Å²) in [5.41, 5.74) is 1.44. The van der Waals surface area contributed by atoms with E-state index < -0.39 is 0 Å². The molecule has 0 aliphatic heterocycles. The van der Waals surface area contributed by atoms with Gasteiger partial charge in [0, 0.05) is 18.1 Å². The molecule has 0 amide bonds. The van der Waals surface area contributed by atoms with E-state index in [0.29, 0.717) is 0 Å². The van der Waals surface area contributed by atoms with Crippen molar-refractivity contribution in [1.29, 1.82) is 5.26 Å². The number of aromatic nitrogens is 1. The van der Waals surface area contributed by atoms with Crippen molar-refractivity contribution in [3.05, 3.63) is 36.7 Å². The van der Waals surface area contributed by atoms with E-state index >= 15 is 0 Å². The molecule has 1 heterocycles. The third kappa shape index (κ3) is 7.52. The van der Waals surface area contributed by atoms with Gasteiger partial charge in [-0.15, -0.1) is 0 Å². The molecule has 1 rings (SSSR count). The van der Waals surface area contributed by atoms with Crippen LogP contribution >= 0.6 is 0 Å². The van der Waals surface area contributed by atoms with Crippen molar-refractivity contribution in [2.45, 2.75) is 58.9 Å². The van der Waals surface area contributed by atoms with E-state index in [9.17, 15) is 0 Å². The highest BCUT2D eigenvalue weighted by molar-refractivity contribution is 5.04. The lowest BCUT2D eigenvalue weighted by Crippen LogP contribution is -2.33. The molecule has 0 spiro atoms. The molecule has 0 unspecified atom stereocenters. The molecule has 2 heteroatoms. The van der Waals surface area contributed by atoms with Gasteiger partial charge >= 0.3 is 0 Å². The average Bonchev–Trinajstić information content (AvgIpc) is 2.41. The molecule has 0 aromatic carbocycles. The van der Waals surface area contributed by atoms with Crippen LogP contribution in [0.2, 0.25) is 0 Å². The van der Waals surface area contributed by atoms with Crippen LogP contribution in [0.15, 0.2) is 24.5 Å². The Kier molecular flexibility index (Phi) is 10.2. The van der Waals surface area contributed by atoms with Crippen molar-refractivity contribution in [2.24, 2.45) is 0 Å². The molecule has 1 aromatic heterocycles. The van der Waals surface area contributed by atoms with Crippen LogP contribution in [0.4, 0.5) is 0 Å². The summed E-state index contributed by atoms with van der Waals surface area (Å²) in [6, 6.07) is 4.36. The van der Waals surface area contributed by atoms with E-state index in [1.54, 1.807) is 0 Å². The largest absolute Gasteiger partial charge is 0.512 e. The van der Waals surface area contributed by atoms with Crippen molar-refractivity contribution in [1.82, 2.24) is 0 Å². The van der Waals surface area contributed by atoms with Crippen molar-refractivity contribution < 1.29 is 4.57 Å². The molecule has 0 saturated heterocycles. The van der Waals surface area contributed by atoms with Crippen LogP contribution in [0.5, 0.6) is 0 Å². The first-order valence-corrected chi connectivity index (χ1v) is 6.57. The van der Waals surface area contributed by atoms with Gasteiger partial charge in [-0.1, -0.05) is 33.1 Å². The number of hydrogen-bond acceptors (Lipinski definition) is 1. The lowest BCUT2D eigenvalue weighted by atomic mass is 10.1. The molecule has 0 radical (unpaired) electrons. The second-order valence-electron chi connectivity index (χ2n) is 4.22. The maximum absolute atomic E-state index is 6.25. The summed E-state index contributed by atoms with van der Waals surface area (Å²) in [7, 11) is 0. The number of hydrogen-bond donors (Lipinski definition) is 0. The van der Waals surface area contributed by atoms with E-state index in [0.717, 1.165) is 6.42 Å². The zero-order valence-corrected chi connectivity index (χ0v) is 11.2. The van der Waals surface area contributed by atoms with Crippen LogP contribution in [-0.2, 0) is 13.0 Å². The molecule has 1 aromatic rings. The predicted molar refractivity (Wildman–Crippen MR) is 69.7 cm³/mol. The van der Waals surface area contributed by atoms with Crippen LogP contribution in [0.3, 0.4) is 0 Å². The third-order valence-corrected chi connectivity index (χ3v) is 2.85. The van der Waals surface area contributed by atoms with E-state index in [1.165, 1.54) is 44.2 Å². The second kappa shape index (κ2) is 11.1. The minimum absolute atomic E-state index is 1.14. The quantitative estimate of drug-likeness (QED) is 0.401. The van der Waals surface area contributed by atoms with Crippen LogP contribution < -0.4 is 4.57 Å². The van der Waals surface area contributed by atoms with Gasteiger partial charge in [0.2, 0.25) is 0 Å². The Morgan fingerprint density at radius 2 is 1.82 bits per heavy atom. The summed E-state index contributed by atoms with van der Waals surface area (Å²) < 4.78 is 2.32. The van der Waals surface area contributed by atoms with Gasteiger partial charge in [-0.2, -0.15) is 0 Å². The number of rotatable bonds is 7. The molecule has 0 aliphatic rings. The molecule has 94 valence electrons. The van der Waals surface area contributed by atoms with Crippen molar-refractivity contribution in [3.63, 3.8) is 0 Å². The molecular formula is C15H24N2. The average molecular weight is 232 g/mol. The Bertz CT molecular complexity index is 305. The number of unbranched alkanes of at least 4 members (excludes halogenated alkanes) is 4. The molecule has 0 saturated carbocycles. The summed E-state index contributed by atoms with van der Waals surface area (Å²) in [6.07, 6.45) is 12.4. The van der Waals surface area contributed by atoms with E-state index in [1.807, 2.05) is 0 Å². The van der Waals surface area contributed by atoms with Crippen LogP contribution in [0.1, 0.15) is 51.5 Å². The smallest absolute Gasteiger partial charge is 0.171 e. The maximum Gasteiger partial charge on any atom is 0.171 e. The SMILES string of the molecule is CCCCCCC[n+]1cccc(CC)c1.[C-]#N. The Balaban J connectivity index is 0.00000121. The zero-order valence-electron chi connectivity index (χ0n) is 11.2. The zero-order chi connectivity index (χ0) is 12.9. The first-order chi connectivity index (χ1) is 8.36. The Morgan fingerprint density at radius 3 is 2.47 bits per heavy atom. The summed E-state index contributed by atoms with van der Waals surface area (Å²) in [5.74, 6) is 0. The minimum atomic E-state index is 1.14. The van der Waals surface area contributed by atoms with Gasteiger partial charge in [-0.25, -0.2) is 4.57 Å². The van der Waals surface area contributed by atoms with Crippen molar-refractivity contribution in [3.8, 4) is 0 Å². The van der Waals surface area contributed by atoms with Gasteiger partial charge < -0.3 is 11.8 Å². The van der Waals surface area contributed by atoms with E-state index in [4.69, 9.17) is 11.8 Å². The Labute approximate surface area is 106 Å². The summed E-state index contributed by atoms with van der Waals surface area (Å²) >= 11 is 0. The molecule has 0 atom stereocenters. The van der Waals surface area contributed by atoms with Gasteiger partial charge in [-0.05, 0) is 18.9 Å². The Hall–Kier alpha value is -1.36. The van der Waals surface area contributed by atoms with Crippen molar-refractivity contribution >= 4 is 0 Å². The molecule has 0 fully saturated rings. The lowest BCUT2D eigenvalue weighted by molar-refractivity contribution is -0.697. The first kappa shape index (κ1) is 15.6. The molecule has 17 heavy (non-hydrogen) atoms.